The van der Waals surface area contributed by atoms with Crippen molar-refractivity contribution in [2.45, 2.75) is 39.7 Å². The summed E-state index contributed by atoms with van der Waals surface area (Å²) in [5.41, 5.74) is 6.14. The van der Waals surface area contributed by atoms with Gasteiger partial charge in [-0.1, -0.05) is 12.1 Å². The summed E-state index contributed by atoms with van der Waals surface area (Å²) >= 11 is 0. The molecule has 0 saturated carbocycles. The summed E-state index contributed by atoms with van der Waals surface area (Å²) in [7, 11) is -3.26. The summed E-state index contributed by atoms with van der Waals surface area (Å²) in [4.78, 5) is 32.5. The molecule has 10 nitrogen and oxygen atoms in total. The highest BCUT2D eigenvalue weighted by Gasteiger charge is 2.33. The van der Waals surface area contributed by atoms with Crippen LogP contribution in [0.25, 0.3) is 0 Å². The molecule has 5 rings (SSSR count). The van der Waals surface area contributed by atoms with E-state index in [0.717, 1.165) is 43.6 Å². The molecule has 37 heavy (non-hydrogen) atoms. The predicted octanol–water partition coefficient (Wildman–Crippen LogP) is 1.05. The third kappa shape index (κ3) is 5.11. The van der Waals surface area contributed by atoms with Crippen molar-refractivity contribution in [1.82, 2.24) is 23.9 Å². The molecule has 0 unspecified atom stereocenters. The molecule has 0 atom stereocenters. The van der Waals surface area contributed by atoms with E-state index in [-0.39, 0.29) is 18.4 Å². The number of rotatable bonds is 5. The van der Waals surface area contributed by atoms with Crippen LogP contribution in [0.3, 0.4) is 0 Å². The van der Waals surface area contributed by atoms with E-state index in [1.807, 2.05) is 4.90 Å². The fourth-order valence-corrected chi connectivity index (χ4v) is 6.51. The van der Waals surface area contributed by atoms with Crippen LogP contribution < -0.4 is 4.90 Å². The molecule has 2 aliphatic heterocycles. The number of carbonyl (C=O) groups is 2. The lowest BCUT2D eigenvalue weighted by molar-refractivity contribution is -0.132. The minimum Gasteiger partial charge on any atom is -0.368 e. The second-order valence-corrected chi connectivity index (χ2v) is 12.3. The van der Waals surface area contributed by atoms with Gasteiger partial charge in [0, 0.05) is 69.3 Å². The molecule has 3 aliphatic rings. The maximum absolute atomic E-state index is 13.3. The molecule has 0 spiro atoms. The third-order valence-corrected chi connectivity index (χ3v) is 9.34. The Morgan fingerprint density at radius 1 is 0.919 bits per heavy atom. The number of hydrogen-bond donors (Lipinski definition) is 0. The quantitative estimate of drug-likeness (QED) is 0.576. The second kappa shape index (κ2) is 10.1. The lowest BCUT2D eigenvalue weighted by Crippen LogP contribution is -2.50. The summed E-state index contributed by atoms with van der Waals surface area (Å²) in [5, 5.41) is 4.63. The Kier molecular flexibility index (Phi) is 7.01. The lowest BCUT2D eigenvalue weighted by atomic mass is 10.1. The normalized spacial score (nSPS) is 18.8. The molecule has 0 bridgehead atoms. The Morgan fingerprint density at radius 2 is 1.59 bits per heavy atom. The van der Waals surface area contributed by atoms with Crippen LogP contribution in [-0.4, -0.2) is 103 Å². The van der Waals surface area contributed by atoms with Crippen molar-refractivity contribution >= 4 is 27.5 Å². The molecule has 200 valence electrons. The molecule has 1 aromatic carbocycles. The average molecular weight is 529 g/mol. The van der Waals surface area contributed by atoms with Crippen molar-refractivity contribution < 1.29 is 18.0 Å². The molecule has 1 aliphatic carbocycles. The molecular formula is C26H36N6O4S. The van der Waals surface area contributed by atoms with Gasteiger partial charge in [0.1, 0.15) is 6.54 Å². The molecule has 3 heterocycles. The molecule has 2 fully saturated rings. The van der Waals surface area contributed by atoms with Crippen molar-refractivity contribution in [3.05, 3.63) is 46.3 Å². The molecule has 11 heteroatoms. The van der Waals surface area contributed by atoms with E-state index < -0.39 is 10.0 Å². The lowest BCUT2D eigenvalue weighted by Gasteiger charge is -2.37. The number of sulfonamides is 1. The maximum Gasteiger partial charge on any atom is 0.274 e. The standard InChI is InChI=1S/C26H36N6O4S/c1-19-6-4-8-22(20(19)2)28-10-12-29(13-11-28)24(33)18-32-23-9-5-7-21(23)25(27-32)26(34)30-14-16-31(17-15-30)37(3,35)36/h4,6,8H,5,7,9-18H2,1-3H3. The molecule has 1 aromatic heterocycles. The van der Waals surface area contributed by atoms with Crippen molar-refractivity contribution in [3.63, 3.8) is 0 Å². The van der Waals surface area contributed by atoms with Crippen molar-refractivity contribution in [2.24, 2.45) is 0 Å². The molecule has 2 amide bonds. The number of hydrogen-bond acceptors (Lipinski definition) is 6. The van der Waals surface area contributed by atoms with Crippen molar-refractivity contribution in [1.29, 1.82) is 0 Å². The summed E-state index contributed by atoms with van der Waals surface area (Å²) in [5.74, 6) is -0.141. The van der Waals surface area contributed by atoms with Crippen molar-refractivity contribution in [3.8, 4) is 0 Å². The van der Waals surface area contributed by atoms with E-state index in [4.69, 9.17) is 0 Å². The summed E-state index contributed by atoms with van der Waals surface area (Å²) in [6, 6.07) is 6.35. The monoisotopic (exact) mass is 528 g/mol. The number of carbonyl (C=O) groups excluding carboxylic acids is 2. The number of amides is 2. The summed E-state index contributed by atoms with van der Waals surface area (Å²) in [6.07, 6.45) is 3.73. The van der Waals surface area contributed by atoms with Gasteiger partial charge in [0.05, 0.1) is 6.26 Å². The maximum atomic E-state index is 13.3. The van der Waals surface area contributed by atoms with Crippen molar-refractivity contribution in [2.75, 3.05) is 63.5 Å². The highest BCUT2D eigenvalue weighted by Crippen LogP contribution is 2.27. The second-order valence-electron chi connectivity index (χ2n) is 10.3. The van der Waals surface area contributed by atoms with Crippen LogP contribution in [0.4, 0.5) is 5.69 Å². The minimum atomic E-state index is -3.26. The Labute approximate surface area is 218 Å². The SMILES string of the molecule is Cc1cccc(N2CCN(C(=O)Cn3nc(C(=O)N4CCN(S(C)(=O)=O)CC4)c4c3CCC4)CC2)c1C. The first-order valence-electron chi connectivity index (χ1n) is 13.1. The van der Waals surface area contributed by atoms with Gasteiger partial charge in [-0.25, -0.2) is 8.42 Å². The van der Waals surface area contributed by atoms with E-state index in [1.165, 1.54) is 27.4 Å². The van der Waals surface area contributed by atoms with Gasteiger partial charge in [0.25, 0.3) is 5.91 Å². The highest BCUT2D eigenvalue weighted by molar-refractivity contribution is 7.88. The Hall–Kier alpha value is -2.92. The average Bonchev–Trinajstić information content (AvgIpc) is 3.49. The van der Waals surface area contributed by atoms with Crippen LogP contribution in [0.15, 0.2) is 18.2 Å². The molecule has 2 saturated heterocycles. The van der Waals surface area contributed by atoms with Gasteiger partial charge in [-0.3, -0.25) is 14.3 Å². The zero-order chi connectivity index (χ0) is 26.3. The minimum absolute atomic E-state index is 0.0265. The zero-order valence-electron chi connectivity index (χ0n) is 21.9. The molecular weight excluding hydrogens is 492 g/mol. The van der Waals surface area contributed by atoms with Crippen LogP contribution in [0.2, 0.25) is 0 Å². The first kappa shape index (κ1) is 25.7. The number of benzene rings is 1. The fraction of sp³-hybridized carbons (Fsp3) is 0.577. The van der Waals surface area contributed by atoms with Gasteiger partial charge in [-0.2, -0.15) is 9.40 Å². The number of nitrogens with zero attached hydrogens (tertiary/aromatic N) is 6. The van der Waals surface area contributed by atoms with E-state index in [0.29, 0.717) is 45.0 Å². The number of piperazine rings is 2. The van der Waals surface area contributed by atoms with Gasteiger partial charge in [-0.05, 0) is 50.3 Å². The van der Waals surface area contributed by atoms with E-state index in [2.05, 4.69) is 42.0 Å². The van der Waals surface area contributed by atoms with Gasteiger partial charge >= 0.3 is 0 Å². The largest absolute Gasteiger partial charge is 0.368 e. The highest BCUT2D eigenvalue weighted by atomic mass is 32.2. The van der Waals surface area contributed by atoms with Crippen LogP contribution in [0.1, 0.15) is 39.3 Å². The molecule has 0 radical (unpaired) electrons. The molecule has 2 aromatic rings. The first-order chi connectivity index (χ1) is 17.6. The smallest absolute Gasteiger partial charge is 0.274 e. The van der Waals surface area contributed by atoms with E-state index >= 15 is 0 Å². The van der Waals surface area contributed by atoms with Gasteiger partial charge < -0.3 is 14.7 Å². The van der Waals surface area contributed by atoms with Crippen LogP contribution in [-0.2, 0) is 34.2 Å². The van der Waals surface area contributed by atoms with Crippen LogP contribution in [0, 0.1) is 13.8 Å². The number of fused-ring (bicyclic) bond motifs is 1. The zero-order valence-corrected chi connectivity index (χ0v) is 22.8. The van der Waals surface area contributed by atoms with E-state index in [1.54, 1.807) is 9.58 Å². The fourth-order valence-electron chi connectivity index (χ4n) is 5.69. The number of aromatic nitrogens is 2. The predicted molar refractivity (Wildman–Crippen MR) is 141 cm³/mol. The first-order valence-corrected chi connectivity index (χ1v) is 14.9. The molecule has 0 N–H and O–H groups in total. The topological polar surface area (TPSA) is 99.1 Å². The summed E-state index contributed by atoms with van der Waals surface area (Å²) in [6.45, 7) is 8.57. The van der Waals surface area contributed by atoms with Gasteiger partial charge in [0.2, 0.25) is 15.9 Å². The Morgan fingerprint density at radius 3 is 2.27 bits per heavy atom. The Balaban J connectivity index is 1.23. The van der Waals surface area contributed by atoms with Crippen LogP contribution >= 0.6 is 0 Å². The van der Waals surface area contributed by atoms with E-state index in [9.17, 15) is 18.0 Å². The van der Waals surface area contributed by atoms with Gasteiger partial charge in [0.15, 0.2) is 5.69 Å². The Bertz CT molecular complexity index is 1300. The third-order valence-electron chi connectivity index (χ3n) is 8.04. The van der Waals surface area contributed by atoms with Gasteiger partial charge in [-0.15, -0.1) is 0 Å². The van der Waals surface area contributed by atoms with Crippen LogP contribution in [0.5, 0.6) is 0 Å². The number of anilines is 1. The number of aryl methyl sites for hydroxylation is 1. The summed E-state index contributed by atoms with van der Waals surface area (Å²) < 4.78 is 26.8.